The molecule has 1 aromatic heterocycles. The van der Waals surface area contributed by atoms with Crippen LogP contribution in [0.3, 0.4) is 0 Å². The van der Waals surface area contributed by atoms with E-state index in [9.17, 15) is 4.39 Å². The normalized spacial score (nSPS) is 14.7. The average molecular weight is 212 g/mol. The van der Waals surface area contributed by atoms with Gasteiger partial charge >= 0.3 is 0 Å². The van der Waals surface area contributed by atoms with Crippen LogP contribution in [0.25, 0.3) is 0 Å². The van der Waals surface area contributed by atoms with E-state index >= 15 is 0 Å². The predicted molar refractivity (Wildman–Crippen MR) is 57.5 cm³/mol. The molecule has 0 bridgehead atoms. The Labute approximate surface area is 89.5 Å². The molecule has 0 aliphatic heterocycles. The van der Waals surface area contributed by atoms with E-state index in [-0.39, 0.29) is 6.54 Å². The number of pyridine rings is 1. The summed E-state index contributed by atoms with van der Waals surface area (Å²) in [5, 5.41) is 0. The Morgan fingerprint density at radius 3 is 2.73 bits per heavy atom. The zero-order chi connectivity index (χ0) is 11.3. The lowest BCUT2D eigenvalue weighted by Crippen LogP contribution is -2.29. The second-order valence-electron chi connectivity index (χ2n) is 3.37. The molecular weight excluding hydrogens is 195 g/mol. The molecule has 0 aliphatic carbocycles. The number of rotatable bonds is 5. The monoisotopic (exact) mass is 212 g/mol. The third-order valence-electron chi connectivity index (χ3n) is 2.43. The van der Waals surface area contributed by atoms with Crippen molar-refractivity contribution in [3.63, 3.8) is 0 Å². The van der Waals surface area contributed by atoms with Crippen LogP contribution in [0.2, 0.25) is 0 Å². The third kappa shape index (κ3) is 2.65. The van der Waals surface area contributed by atoms with Crippen molar-refractivity contribution in [1.29, 1.82) is 0 Å². The maximum absolute atomic E-state index is 14.2. The van der Waals surface area contributed by atoms with Crippen LogP contribution >= 0.6 is 0 Å². The van der Waals surface area contributed by atoms with Gasteiger partial charge in [-0.25, -0.2) is 4.39 Å². The molecule has 0 spiro atoms. The Kier molecular flexibility index (Phi) is 4.03. The van der Waals surface area contributed by atoms with E-state index in [0.717, 1.165) is 0 Å². The number of alkyl halides is 1. The van der Waals surface area contributed by atoms with Crippen LogP contribution in [-0.4, -0.2) is 18.1 Å². The SMILES string of the molecule is CCOc1cncc(C(F)(CC)CN)c1. The minimum atomic E-state index is -1.50. The highest BCUT2D eigenvalue weighted by Gasteiger charge is 2.28. The Morgan fingerprint density at radius 1 is 1.47 bits per heavy atom. The molecule has 0 saturated heterocycles. The summed E-state index contributed by atoms with van der Waals surface area (Å²) in [7, 11) is 0. The van der Waals surface area contributed by atoms with Gasteiger partial charge in [-0.2, -0.15) is 0 Å². The summed E-state index contributed by atoms with van der Waals surface area (Å²) >= 11 is 0. The molecule has 0 amide bonds. The second kappa shape index (κ2) is 5.07. The summed E-state index contributed by atoms with van der Waals surface area (Å²) in [6, 6.07) is 1.66. The first-order valence-electron chi connectivity index (χ1n) is 5.13. The van der Waals surface area contributed by atoms with E-state index in [0.29, 0.717) is 24.3 Å². The van der Waals surface area contributed by atoms with Crippen LogP contribution in [-0.2, 0) is 5.67 Å². The first kappa shape index (κ1) is 11.9. The van der Waals surface area contributed by atoms with Crippen LogP contribution in [0.4, 0.5) is 4.39 Å². The molecule has 3 nitrogen and oxygen atoms in total. The van der Waals surface area contributed by atoms with E-state index in [1.165, 1.54) is 6.20 Å². The van der Waals surface area contributed by atoms with Gasteiger partial charge in [0, 0.05) is 18.3 Å². The van der Waals surface area contributed by atoms with E-state index in [1.807, 2.05) is 6.92 Å². The third-order valence-corrected chi connectivity index (χ3v) is 2.43. The Bertz CT molecular complexity index is 313. The van der Waals surface area contributed by atoms with E-state index in [1.54, 1.807) is 19.2 Å². The van der Waals surface area contributed by atoms with Gasteiger partial charge in [-0.1, -0.05) is 6.92 Å². The van der Waals surface area contributed by atoms with Gasteiger partial charge in [0.15, 0.2) is 0 Å². The Balaban J connectivity index is 2.98. The number of aromatic nitrogens is 1. The maximum atomic E-state index is 14.2. The van der Waals surface area contributed by atoms with Gasteiger partial charge < -0.3 is 10.5 Å². The molecule has 1 rings (SSSR count). The topological polar surface area (TPSA) is 48.1 Å². The highest BCUT2D eigenvalue weighted by molar-refractivity contribution is 5.28. The minimum Gasteiger partial charge on any atom is -0.492 e. The summed E-state index contributed by atoms with van der Waals surface area (Å²) < 4.78 is 19.4. The summed E-state index contributed by atoms with van der Waals surface area (Å²) in [6.07, 6.45) is 3.40. The van der Waals surface area contributed by atoms with Gasteiger partial charge in [-0.05, 0) is 19.4 Å². The first-order chi connectivity index (χ1) is 7.16. The highest BCUT2D eigenvalue weighted by Crippen LogP contribution is 2.29. The summed E-state index contributed by atoms with van der Waals surface area (Å²) in [4.78, 5) is 3.94. The van der Waals surface area contributed by atoms with Crippen molar-refractivity contribution in [2.75, 3.05) is 13.2 Å². The average Bonchev–Trinajstić information content (AvgIpc) is 2.29. The van der Waals surface area contributed by atoms with Gasteiger partial charge in [-0.15, -0.1) is 0 Å². The summed E-state index contributed by atoms with van der Waals surface area (Å²) in [6.45, 7) is 4.14. The number of hydrogen-bond acceptors (Lipinski definition) is 3. The predicted octanol–water partition coefficient (Wildman–Crippen LogP) is 2.01. The number of hydrogen-bond donors (Lipinski definition) is 1. The molecule has 4 heteroatoms. The maximum Gasteiger partial charge on any atom is 0.149 e. The number of nitrogens with zero attached hydrogens (tertiary/aromatic N) is 1. The Morgan fingerprint density at radius 2 is 2.20 bits per heavy atom. The zero-order valence-electron chi connectivity index (χ0n) is 9.16. The first-order valence-corrected chi connectivity index (χ1v) is 5.13. The van der Waals surface area contributed by atoms with Crippen molar-refractivity contribution in [2.24, 2.45) is 5.73 Å². The molecule has 0 aliphatic rings. The fourth-order valence-electron chi connectivity index (χ4n) is 1.38. The van der Waals surface area contributed by atoms with Crippen molar-refractivity contribution in [1.82, 2.24) is 4.98 Å². The Hall–Kier alpha value is -1.16. The van der Waals surface area contributed by atoms with Gasteiger partial charge in [0.1, 0.15) is 11.4 Å². The van der Waals surface area contributed by atoms with Crippen LogP contribution < -0.4 is 10.5 Å². The summed E-state index contributed by atoms with van der Waals surface area (Å²) in [5.41, 5.74) is 4.41. The molecule has 1 aromatic rings. The van der Waals surface area contributed by atoms with E-state index in [2.05, 4.69) is 4.98 Å². The number of nitrogens with two attached hydrogens (primary N) is 1. The molecule has 15 heavy (non-hydrogen) atoms. The molecule has 0 fully saturated rings. The summed E-state index contributed by atoms with van der Waals surface area (Å²) in [5.74, 6) is 0.582. The molecule has 0 radical (unpaired) electrons. The van der Waals surface area contributed by atoms with Crippen LogP contribution in [0.1, 0.15) is 25.8 Å². The molecular formula is C11H17FN2O. The lowest BCUT2D eigenvalue weighted by Gasteiger charge is -2.22. The quantitative estimate of drug-likeness (QED) is 0.812. The number of halogens is 1. The van der Waals surface area contributed by atoms with Gasteiger partial charge in [-0.3, -0.25) is 4.98 Å². The molecule has 2 N–H and O–H groups in total. The molecule has 1 atom stereocenters. The van der Waals surface area contributed by atoms with Crippen molar-refractivity contribution < 1.29 is 9.13 Å². The van der Waals surface area contributed by atoms with Crippen molar-refractivity contribution in [2.45, 2.75) is 25.9 Å². The van der Waals surface area contributed by atoms with Crippen LogP contribution in [0, 0.1) is 0 Å². The highest BCUT2D eigenvalue weighted by atomic mass is 19.1. The van der Waals surface area contributed by atoms with Crippen molar-refractivity contribution >= 4 is 0 Å². The minimum absolute atomic E-state index is 0.0409. The van der Waals surface area contributed by atoms with E-state index in [4.69, 9.17) is 10.5 Å². The van der Waals surface area contributed by atoms with Gasteiger partial charge in [0.25, 0.3) is 0 Å². The van der Waals surface area contributed by atoms with Crippen LogP contribution in [0.15, 0.2) is 18.5 Å². The smallest absolute Gasteiger partial charge is 0.149 e. The standard InChI is InChI=1S/C11H17FN2O/c1-3-11(12,8-13)9-5-10(15-4-2)7-14-6-9/h5-7H,3-4,8,13H2,1-2H3. The lowest BCUT2D eigenvalue weighted by atomic mass is 9.95. The fraction of sp³-hybridized carbons (Fsp3) is 0.545. The molecule has 84 valence electrons. The largest absolute Gasteiger partial charge is 0.492 e. The van der Waals surface area contributed by atoms with Crippen LogP contribution in [0.5, 0.6) is 5.75 Å². The molecule has 0 aromatic carbocycles. The zero-order valence-corrected chi connectivity index (χ0v) is 9.16. The van der Waals surface area contributed by atoms with Crippen molar-refractivity contribution in [3.8, 4) is 5.75 Å². The second-order valence-corrected chi connectivity index (χ2v) is 3.37. The fourth-order valence-corrected chi connectivity index (χ4v) is 1.38. The molecule has 1 unspecified atom stereocenters. The lowest BCUT2D eigenvalue weighted by molar-refractivity contribution is 0.167. The molecule has 0 saturated carbocycles. The number of ether oxygens (including phenoxy) is 1. The van der Waals surface area contributed by atoms with E-state index < -0.39 is 5.67 Å². The van der Waals surface area contributed by atoms with Crippen molar-refractivity contribution in [3.05, 3.63) is 24.0 Å². The molecule has 1 heterocycles. The van der Waals surface area contributed by atoms with Gasteiger partial charge in [0.2, 0.25) is 0 Å². The van der Waals surface area contributed by atoms with Gasteiger partial charge in [0.05, 0.1) is 12.8 Å².